The van der Waals surface area contributed by atoms with Crippen molar-refractivity contribution in [3.8, 4) is 11.1 Å². The third kappa shape index (κ3) is 7.42. The Morgan fingerprint density at radius 3 is 1.45 bits per heavy atom. The highest BCUT2D eigenvalue weighted by molar-refractivity contribution is 7.80. The highest BCUT2D eigenvalue weighted by atomic mass is 32.1. The van der Waals surface area contributed by atoms with E-state index in [1.54, 1.807) is 0 Å². The Kier molecular flexibility index (Phi) is 10.3. The standard InChI is InChI=1S/C32H38N4S2/c1-3-5-17-33-31(37)35-21-27-11-7-9-23-13-15-25(19-29(23)27)26-16-14-24-10-8-12-28(30(24)20-26)22-36-32(38)34-18-6-4-2/h7-16,19-20H,3-6,17-18,21-22H2,1-2H3,(H2,33,35,37)(H2,34,36,38). The number of benzene rings is 4. The Morgan fingerprint density at radius 2 is 1.03 bits per heavy atom. The molecule has 0 aromatic heterocycles. The van der Waals surface area contributed by atoms with Crippen LogP contribution in [0.25, 0.3) is 32.7 Å². The van der Waals surface area contributed by atoms with Gasteiger partial charge < -0.3 is 21.3 Å². The van der Waals surface area contributed by atoms with Gasteiger partial charge in [-0.3, -0.25) is 0 Å². The van der Waals surface area contributed by atoms with Crippen LogP contribution in [0.3, 0.4) is 0 Å². The van der Waals surface area contributed by atoms with E-state index in [0.29, 0.717) is 23.3 Å². The van der Waals surface area contributed by atoms with Gasteiger partial charge in [-0.2, -0.15) is 0 Å². The van der Waals surface area contributed by atoms with Crippen molar-refractivity contribution < 1.29 is 0 Å². The van der Waals surface area contributed by atoms with Gasteiger partial charge in [-0.05, 0) is 93.2 Å². The normalized spacial score (nSPS) is 10.9. The van der Waals surface area contributed by atoms with Gasteiger partial charge in [-0.1, -0.05) is 87.4 Å². The Morgan fingerprint density at radius 1 is 0.579 bits per heavy atom. The zero-order valence-corrected chi connectivity index (χ0v) is 24.0. The van der Waals surface area contributed by atoms with Crippen molar-refractivity contribution in [3.05, 3.63) is 83.9 Å². The molecule has 198 valence electrons. The third-order valence-electron chi connectivity index (χ3n) is 6.79. The van der Waals surface area contributed by atoms with E-state index in [4.69, 9.17) is 24.4 Å². The van der Waals surface area contributed by atoms with Crippen LogP contribution in [-0.2, 0) is 13.1 Å². The van der Waals surface area contributed by atoms with Crippen molar-refractivity contribution in [2.24, 2.45) is 0 Å². The molecule has 0 aliphatic rings. The molecule has 0 heterocycles. The van der Waals surface area contributed by atoms with Crippen molar-refractivity contribution in [3.63, 3.8) is 0 Å². The molecule has 4 rings (SSSR count). The first-order valence-electron chi connectivity index (χ1n) is 13.7. The predicted octanol–water partition coefficient (Wildman–Crippen LogP) is 7.19. The second-order valence-corrected chi connectivity index (χ2v) is 10.4. The third-order valence-corrected chi connectivity index (χ3v) is 7.37. The van der Waals surface area contributed by atoms with E-state index in [2.05, 4.69) is 108 Å². The number of thiocarbonyl (C=S) groups is 2. The van der Waals surface area contributed by atoms with Crippen LogP contribution in [0.1, 0.15) is 50.7 Å². The predicted molar refractivity (Wildman–Crippen MR) is 172 cm³/mol. The van der Waals surface area contributed by atoms with E-state index in [1.165, 1.54) is 43.8 Å². The van der Waals surface area contributed by atoms with Crippen LogP contribution in [0.4, 0.5) is 0 Å². The topological polar surface area (TPSA) is 48.1 Å². The van der Waals surface area contributed by atoms with E-state index < -0.39 is 0 Å². The van der Waals surface area contributed by atoms with Gasteiger partial charge in [-0.15, -0.1) is 0 Å². The summed E-state index contributed by atoms with van der Waals surface area (Å²) in [4.78, 5) is 0. The summed E-state index contributed by atoms with van der Waals surface area (Å²) in [6.07, 6.45) is 4.54. The molecule has 0 aliphatic heterocycles. The summed E-state index contributed by atoms with van der Waals surface area (Å²) in [6, 6.07) is 26.4. The van der Waals surface area contributed by atoms with Gasteiger partial charge in [-0.25, -0.2) is 0 Å². The van der Waals surface area contributed by atoms with Crippen molar-refractivity contribution in [1.82, 2.24) is 21.3 Å². The van der Waals surface area contributed by atoms with Crippen molar-refractivity contribution in [1.29, 1.82) is 0 Å². The molecule has 0 saturated carbocycles. The molecule has 4 N–H and O–H groups in total. The van der Waals surface area contributed by atoms with Gasteiger partial charge in [0.15, 0.2) is 10.2 Å². The van der Waals surface area contributed by atoms with Crippen LogP contribution in [0.2, 0.25) is 0 Å². The Bertz CT molecular complexity index is 1290. The summed E-state index contributed by atoms with van der Waals surface area (Å²) in [5.41, 5.74) is 4.88. The molecule has 0 fully saturated rings. The average Bonchev–Trinajstić information content (AvgIpc) is 2.94. The molecule has 0 bridgehead atoms. The monoisotopic (exact) mass is 542 g/mol. The first-order valence-corrected chi connectivity index (χ1v) is 14.5. The number of fused-ring (bicyclic) bond motifs is 2. The van der Waals surface area contributed by atoms with E-state index >= 15 is 0 Å². The van der Waals surface area contributed by atoms with Crippen LogP contribution >= 0.6 is 24.4 Å². The SMILES string of the molecule is CCCCNC(=S)NCc1cccc2ccc(-c3ccc4cccc(CNC(=S)NCCCC)c4c3)cc12. The van der Waals surface area contributed by atoms with Crippen molar-refractivity contribution >= 4 is 56.2 Å². The molecular formula is C32H38N4S2. The second-order valence-electron chi connectivity index (χ2n) is 9.63. The molecular weight excluding hydrogens is 505 g/mol. The Hall–Kier alpha value is -3.22. The maximum absolute atomic E-state index is 5.47. The quantitative estimate of drug-likeness (QED) is 0.119. The Labute approximate surface area is 237 Å². The van der Waals surface area contributed by atoms with Gasteiger partial charge in [0.25, 0.3) is 0 Å². The molecule has 4 aromatic carbocycles. The van der Waals surface area contributed by atoms with Gasteiger partial charge in [0.1, 0.15) is 0 Å². The lowest BCUT2D eigenvalue weighted by molar-refractivity contribution is 0.739. The number of unbranched alkanes of at least 4 members (excludes halogenated alkanes) is 2. The van der Waals surface area contributed by atoms with Gasteiger partial charge in [0.05, 0.1) is 0 Å². The zero-order valence-electron chi connectivity index (χ0n) is 22.4. The van der Waals surface area contributed by atoms with Gasteiger partial charge in [0.2, 0.25) is 0 Å². The maximum atomic E-state index is 5.47. The summed E-state index contributed by atoms with van der Waals surface area (Å²) >= 11 is 10.9. The summed E-state index contributed by atoms with van der Waals surface area (Å²) < 4.78 is 0. The molecule has 38 heavy (non-hydrogen) atoms. The van der Waals surface area contributed by atoms with Crippen LogP contribution in [0.5, 0.6) is 0 Å². The first kappa shape index (κ1) is 27.8. The lowest BCUT2D eigenvalue weighted by atomic mass is 9.95. The number of hydrogen-bond acceptors (Lipinski definition) is 2. The molecule has 4 nitrogen and oxygen atoms in total. The number of rotatable bonds is 11. The minimum absolute atomic E-state index is 0.693. The van der Waals surface area contributed by atoms with Gasteiger partial charge in [0, 0.05) is 26.2 Å². The fourth-order valence-electron chi connectivity index (χ4n) is 4.58. The lowest BCUT2D eigenvalue weighted by Gasteiger charge is -2.14. The van der Waals surface area contributed by atoms with Crippen LogP contribution in [0, 0.1) is 0 Å². The minimum Gasteiger partial charge on any atom is -0.363 e. The molecule has 0 amide bonds. The van der Waals surface area contributed by atoms with Gasteiger partial charge >= 0.3 is 0 Å². The molecule has 4 aromatic rings. The lowest BCUT2D eigenvalue weighted by Crippen LogP contribution is -2.35. The summed E-state index contributed by atoms with van der Waals surface area (Å²) in [5, 5.41) is 19.7. The van der Waals surface area contributed by atoms with Crippen LogP contribution in [0.15, 0.2) is 72.8 Å². The second kappa shape index (κ2) is 14.1. The Balaban J connectivity index is 1.55. The van der Waals surface area contributed by atoms with Crippen molar-refractivity contribution in [2.45, 2.75) is 52.6 Å². The molecule has 0 radical (unpaired) electrons. The van der Waals surface area contributed by atoms with Crippen LogP contribution in [-0.4, -0.2) is 23.3 Å². The van der Waals surface area contributed by atoms with E-state index in [9.17, 15) is 0 Å². The minimum atomic E-state index is 0.693. The van der Waals surface area contributed by atoms with Crippen LogP contribution < -0.4 is 21.3 Å². The number of hydrogen-bond donors (Lipinski definition) is 4. The highest BCUT2D eigenvalue weighted by Gasteiger charge is 2.08. The highest BCUT2D eigenvalue weighted by Crippen LogP contribution is 2.30. The zero-order chi connectivity index (χ0) is 26.7. The van der Waals surface area contributed by atoms with E-state index in [-0.39, 0.29) is 0 Å². The summed E-state index contributed by atoms with van der Waals surface area (Å²) in [6.45, 7) is 7.56. The first-order chi connectivity index (χ1) is 18.6. The maximum Gasteiger partial charge on any atom is 0.166 e. The molecule has 0 saturated heterocycles. The molecule has 0 unspecified atom stereocenters. The smallest absolute Gasteiger partial charge is 0.166 e. The molecule has 0 aliphatic carbocycles. The summed E-state index contributed by atoms with van der Waals surface area (Å²) in [7, 11) is 0. The molecule has 6 heteroatoms. The molecule has 0 spiro atoms. The van der Waals surface area contributed by atoms with E-state index in [1.807, 2.05) is 0 Å². The fraction of sp³-hybridized carbons (Fsp3) is 0.312. The fourth-order valence-corrected chi connectivity index (χ4v) is 4.92. The van der Waals surface area contributed by atoms with Crippen molar-refractivity contribution in [2.75, 3.05) is 13.1 Å². The van der Waals surface area contributed by atoms with E-state index in [0.717, 1.165) is 38.8 Å². The largest absolute Gasteiger partial charge is 0.363 e. The summed E-state index contributed by atoms with van der Waals surface area (Å²) in [5.74, 6) is 0. The number of nitrogens with one attached hydrogen (secondary N) is 4. The average molecular weight is 543 g/mol. The molecule has 0 atom stereocenters.